The molecule has 0 aliphatic heterocycles. The number of ketones is 1. The summed E-state index contributed by atoms with van der Waals surface area (Å²) in [4.78, 5) is 23.7. The van der Waals surface area contributed by atoms with E-state index in [1.54, 1.807) is 36.4 Å². The van der Waals surface area contributed by atoms with Gasteiger partial charge in [0.05, 0.1) is 5.75 Å². The average Bonchev–Trinajstić information content (AvgIpc) is 3.16. The molecule has 1 atom stereocenters. The number of carbonyl (C=O) groups excluding carboxylic acids is 2. The van der Waals surface area contributed by atoms with Crippen molar-refractivity contribution in [3.05, 3.63) is 64.9 Å². The molecule has 31 heavy (non-hydrogen) atoms. The van der Waals surface area contributed by atoms with Gasteiger partial charge in [-0.25, -0.2) is 0 Å². The smallest absolute Gasteiger partial charge is 0.234 e. The second-order valence-corrected chi connectivity index (χ2v) is 8.15. The first-order valence-corrected chi connectivity index (χ1v) is 11.1. The molecular weight excluding hydrogens is 436 g/mol. The monoisotopic (exact) mass is 458 g/mol. The number of hydrogen-bond acceptors (Lipinski definition) is 6. The number of amides is 1. The minimum absolute atomic E-state index is 0.0169. The Morgan fingerprint density at radius 2 is 1.94 bits per heavy atom. The number of Topliss-reactive ketones (excluding diaryl/α,β-unsaturated/α-hetero) is 1. The molecule has 1 N–H and O–H groups in total. The van der Waals surface area contributed by atoms with Gasteiger partial charge in [0.2, 0.25) is 5.91 Å². The number of hydrogen-bond donors (Lipinski definition) is 1. The van der Waals surface area contributed by atoms with E-state index in [1.807, 2.05) is 30.5 Å². The van der Waals surface area contributed by atoms with Crippen molar-refractivity contribution in [3.8, 4) is 5.75 Å². The predicted molar refractivity (Wildman–Crippen MR) is 122 cm³/mol. The molecule has 0 fully saturated rings. The van der Waals surface area contributed by atoms with E-state index in [-0.39, 0.29) is 23.5 Å². The second-order valence-electron chi connectivity index (χ2n) is 6.77. The van der Waals surface area contributed by atoms with Crippen LogP contribution in [-0.2, 0) is 11.3 Å². The highest BCUT2D eigenvalue weighted by Gasteiger charge is 2.19. The molecule has 1 unspecified atom stereocenters. The van der Waals surface area contributed by atoms with Crippen LogP contribution in [0.3, 0.4) is 0 Å². The van der Waals surface area contributed by atoms with Gasteiger partial charge >= 0.3 is 0 Å². The molecule has 9 heteroatoms. The van der Waals surface area contributed by atoms with Gasteiger partial charge in [0.15, 0.2) is 22.9 Å². The Morgan fingerprint density at radius 3 is 2.58 bits per heavy atom. The fraction of sp³-hybridized carbons (Fsp3) is 0.273. The summed E-state index contributed by atoms with van der Waals surface area (Å²) in [6, 6.07) is 14.0. The second kappa shape index (κ2) is 10.5. The van der Waals surface area contributed by atoms with Crippen molar-refractivity contribution in [3.63, 3.8) is 0 Å². The SMILES string of the molecule is CCn1c(SCC(=O)Nc2ccc(C(C)=O)cc2)nnc1C(C)Oc1cccc(Cl)c1. The molecular formula is C22H23ClN4O3S. The zero-order chi connectivity index (χ0) is 22.4. The molecule has 162 valence electrons. The number of nitrogens with zero attached hydrogens (tertiary/aromatic N) is 3. The van der Waals surface area contributed by atoms with Crippen molar-refractivity contribution < 1.29 is 14.3 Å². The third-order valence-corrected chi connectivity index (χ3v) is 5.64. The van der Waals surface area contributed by atoms with Crippen LogP contribution < -0.4 is 10.1 Å². The number of benzene rings is 2. The Kier molecular flexibility index (Phi) is 7.70. The van der Waals surface area contributed by atoms with E-state index in [0.29, 0.717) is 39.5 Å². The Morgan fingerprint density at radius 1 is 1.19 bits per heavy atom. The van der Waals surface area contributed by atoms with E-state index < -0.39 is 0 Å². The lowest BCUT2D eigenvalue weighted by atomic mass is 10.1. The zero-order valence-electron chi connectivity index (χ0n) is 17.5. The first-order valence-electron chi connectivity index (χ1n) is 9.76. The first-order chi connectivity index (χ1) is 14.9. The normalized spacial score (nSPS) is 11.7. The molecule has 1 aromatic heterocycles. The number of halogens is 1. The van der Waals surface area contributed by atoms with Crippen LogP contribution in [-0.4, -0.2) is 32.2 Å². The fourth-order valence-electron chi connectivity index (χ4n) is 2.92. The lowest BCUT2D eigenvalue weighted by Gasteiger charge is -2.15. The maximum Gasteiger partial charge on any atom is 0.234 e. The van der Waals surface area contributed by atoms with Crippen molar-refractivity contribution >= 4 is 40.7 Å². The van der Waals surface area contributed by atoms with Crippen molar-refractivity contribution in [2.24, 2.45) is 0 Å². The number of ether oxygens (including phenoxy) is 1. The van der Waals surface area contributed by atoms with Gasteiger partial charge in [0.1, 0.15) is 5.75 Å². The Bertz CT molecular complexity index is 1070. The van der Waals surface area contributed by atoms with Crippen molar-refractivity contribution in [2.45, 2.75) is 38.6 Å². The van der Waals surface area contributed by atoms with Crippen LogP contribution in [0.15, 0.2) is 53.7 Å². The highest BCUT2D eigenvalue weighted by molar-refractivity contribution is 7.99. The van der Waals surface area contributed by atoms with E-state index in [9.17, 15) is 9.59 Å². The van der Waals surface area contributed by atoms with E-state index in [1.165, 1.54) is 18.7 Å². The first kappa shape index (κ1) is 22.8. The van der Waals surface area contributed by atoms with Gasteiger partial charge in [-0.3, -0.25) is 9.59 Å². The van der Waals surface area contributed by atoms with Gasteiger partial charge in [-0.2, -0.15) is 0 Å². The molecule has 1 amide bonds. The van der Waals surface area contributed by atoms with Crippen LogP contribution in [0.5, 0.6) is 5.75 Å². The van der Waals surface area contributed by atoms with Crippen molar-refractivity contribution in [2.75, 3.05) is 11.1 Å². The lowest BCUT2D eigenvalue weighted by molar-refractivity contribution is -0.113. The molecule has 0 saturated heterocycles. The third-order valence-electron chi connectivity index (χ3n) is 4.44. The zero-order valence-corrected chi connectivity index (χ0v) is 19.0. The van der Waals surface area contributed by atoms with Crippen molar-refractivity contribution in [1.82, 2.24) is 14.8 Å². The molecule has 0 bridgehead atoms. The fourth-order valence-corrected chi connectivity index (χ4v) is 3.91. The summed E-state index contributed by atoms with van der Waals surface area (Å²) in [5.41, 5.74) is 1.24. The Balaban J connectivity index is 1.61. The standard InChI is InChI=1S/C22H23ClN4O3S/c1-4-27-21(15(3)30-19-7-5-6-17(23)12-19)25-26-22(27)31-13-20(29)24-18-10-8-16(9-11-18)14(2)28/h5-12,15H,4,13H2,1-3H3,(H,24,29). The summed E-state index contributed by atoms with van der Waals surface area (Å²) in [5.74, 6) is 1.31. The number of nitrogens with one attached hydrogen (secondary N) is 1. The molecule has 3 aromatic rings. The molecule has 0 spiro atoms. The van der Waals surface area contributed by atoms with E-state index >= 15 is 0 Å². The Labute approximate surface area is 190 Å². The molecule has 0 radical (unpaired) electrons. The maximum absolute atomic E-state index is 12.3. The van der Waals surface area contributed by atoms with Crippen LogP contribution in [0.1, 0.15) is 43.1 Å². The number of rotatable bonds is 9. The molecule has 3 rings (SSSR count). The highest BCUT2D eigenvalue weighted by atomic mass is 35.5. The van der Waals surface area contributed by atoms with Gasteiger partial charge < -0.3 is 14.6 Å². The van der Waals surface area contributed by atoms with Gasteiger partial charge in [-0.1, -0.05) is 29.4 Å². The quantitative estimate of drug-likeness (QED) is 0.357. The van der Waals surface area contributed by atoms with Gasteiger partial charge in [-0.05, 0) is 63.2 Å². The summed E-state index contributed by atoms with van der Waals surface area (Å²) < 4.78 is 7.87. The summed E-state index contributed by atoms with van der Waals surface area (Å²) in [7, 11) is 0. The number of carbonyl (C=O) groups is 2. The largest absolute Gasteiger partial charge is 0.483 e. The molecule has 0 saturated carbocycles. The van der Waals surface area contributed by atoms with E-state index in [2.05, 4.69) is 15.5 Å². The predicted octanol–water partition coefficient (Wildman–Crippen LogP) is 5.02. The minimum Gasteiger partial charge on any atom is -0.483 e. The number of anilines is 1. The Hall–Kier alpha value is -2.84. The van der Waals surface area contributed by atoms with Crippen LogP contribution in [0.2, 0.25) is 5.02 Å². The van der Waals surface area contributed by atoms with Crippen LogP contribution in [0, 0.1) is 0 Å². The van der Waals surface area contributed by atoms with Gasteiger partial charge in [0, 0.05) is 22.8 Å². The van der Waals surface area contributed by atoms with Gasteiger partial charge in [0.25, 0.3) is 0 Å². The summed E-state index contributed by atoms with van der Waals surface area (Å²) in [6.07, 6.45) is -0.339. The lowest BCUT2D eigenvalue weighted by Crippen LogP contribution is -2.15. The van der Waals surface area contributed by atoms with Crippen molar-refractivity contribution in [1.29, 1.82) is 0 Å². The average molecular weight is 459 g/mol. The number of thioether (sulfide) groups is 1. The number of aromatic nitrogens is 3. The molecule has 7 nitrogen and oxygen atoms in total. The summed E-state index contributed by atoms with van der Waals surface area (Å²) >= 11 is 7.32. The van der Waals surface area contributed by atoms with Gasteiger partial charge in [-0.15, -0.1) is 10.2 Å². The molecule has 0 aliphatic rings. The topological polar surface area (TPSA) is 86.1 Å². The van der Waals surface area contributed by atoms with E-state index in [4.69, 9.17) is 16.3 Å². The minimum atomic E-state index is -0.339. The van der Waals surface area contributed by atoms with Crippen LogP contribution in [0.25, 0.3) is 0 Å². The third kappa shape index (κ3) is 6.08. The summed E-state index contributed by atoms with van der Waals surface area (Å²) in [6.45, 7) is 6.02. The molecule has 0 aliphatic carbocycles. The van der Waals surface area contributed by atoms with Crippen LogP contribution >= 0.6 is 23.4 Å². The highest BCUT2D eigenvalue weighted by Crippen LogP contribution is 2.26. The molecule has 1 heterocycles. The van der Waals surface area contributed by atoms with Crippen LogP contribution in [0.4, 0.5) is 5.69 Å². The maximum atomic E-state index is 12.3. The van der Waals surface area contributed by atoms with E-state index in [0.717, 1.165) is 0 Å². The molecule has 2 aromatic carbocycles. The summed E-state index contributed by atoms with van der Waals surface area (Å²) in [5, 5.41) is 12.5.